The summed E-state index contributed by atoms with van der Waals surface area (Å²) in [6.45, 7) is 0.969. The molecule has 1 amide bonds. The minimum atomic E-state index is -0.254. The van der Waals surface area contributed by atoms with Gasteiger partial charge < -0.3 is 10.7 Å². The number of hydrazine groups is 1. The van der Waals surface area contributed by atoms with Crippen LogP contribution in [0.1, 0.15) is 10.4 Å². The van der Waals surface area contributed by atoms with E-state index in [0.717, 1.165) is 0 Å². The highest BCUT2D eigenvalue weighted by molar-refractivity contribution is 6.31. The Hall–Kier alpha value is -2.12. The Labute approximate surface area is 114 Å². The Morgan fingerprint density at radius 1 is 1.47 bits per heavy atom. The molecule has 2 rings (SSSR count). The minimum Gasteiger partial charge on any atom is -0.350 e. The number of carbonyl (C=O) groups is 1. The van der Waals surface area contributed by atoms with Gasteiger partial charge in [-0.3, -0.25) is 15.3 Å². The summed E-state index contributed by atoms with van der Waals surface area (Å²) in [6, 6.07) is 4.86. The molecule has 0 unspecified atom stereocenters. The van der Waals surface area contributed by atoms with Crippen molar-refractivity contribution in [2.45, 2.75) is 6.54 Å². The van der Waals surface area contributed by atoms with E-state index in [1.165, 1.54) is 0 Å². The largest absolute Gasteiger partial charge is 0.350 e. The lowest BCUT2D eigenvalue weighted by Crippen LogP contribution is -2.28. The van der Waals surface area contributed by atoms with Crippen LogP contribution in [0.15, 0.2) is 30.6 Å². The third kappa shape index (κ3) is 3.43. The number of nitrogens with one attached hydrogen (secondary N) is 2. The van der Waals surface area contributed by atoms with Gasteiger partial charge in [-0.2, -0.15) is 0 Å². The number of hydrogen-bond donors (Lipinski definition) is 3. The van der Waals surface area contributed by atoms with E-state index < -0.39 is 0 Å². The van der Waals surface area contributed by atoms with Crippen LogP contribution in [-0.2, 0) is 6.54 Å². The van der Waals surface area contributed by atoms with Crippen LogP contribution in [0.25, 0.3) is 0 Å². The molecule has 1 aromatic heterocycles. The lowest BCUT2D eigenvalue weighted by atomic mass is 10.1. The van der Waals surface area contributed by atoms with Crippen LogP contribution in [0, 0.1) is 0 Å². The first-order chi connectivity index (χ1) is 9.20. The van der Waals surface area contributed by atoms with E-state index in [2.05, 4.69) is 21.1 Å². The number of amides is 1. The van der Waals surface area contributed by atoms with Crippen LogP contribution in [0.5, 0.6) is 0 Å². The van der Waals surface area contributed by atoms with Crippen molar-refractivity contribution in [3.05, 3.63) is 41.2 Å². The fourth-order valence-electron chi connectivity index (χ4n) is 1.56. The van der Waals surface area contributed by atoms with Gasteiger partial charge in [0.2, 0.25) is 0 Å². The highest BCUT2D eigenvalue weighted by Gasteiger charge is 2.11. The third-order valence-electron chi connectivity index (χ3n) is 2.48. The van der Waals surface area contributed by atoms with Crippen molar-refractivity contribution in [1.29, 1.82) is 0 Å². The average Bonchev–Trinajstić information content (AvgIpc) is 2.91. The van der Waals surface area contributed by atoms with Crippen molar-refractivity contribution in [3.8, 4) is 0 Å². The molecule has 4 N–H and O–H groups in total. The molecule has 0 saturated heterocycles. The molecule has 0 aliphatic carbocycles. The molecule has 1 aromatic carbocycles. The Morgan fingerprint density at radius 2 is 2.32 bits per heavy atom. The standard InChI is InChI=1S/C11H13ClN6O/c12-8-1-2-10(16-13)9(7-8)11(19)14-3-5-18-6-4-15-17-18/h1-2,4,6-7,16H,3,5,13H2,(H,14,19). The zero-order valence-corrected chi connectivity index (χ0v) is 10.8. The molecular weight excluding hydrogens is 268 g/mol. The second kappa shape index (κ2) is 6.17. The van der Waals surface area contributed by atoms with Crippen LogP contribution in [0.2, 0.25) is 5.02 Å². The topological polar surface area (TPSA) is 97.9 Å². The number of nitrogens with two attached hydrogens (primary N) is 1. The summed E-state index contributed by atoms with van der Waals surface area (Å²) in [5.74, 6) is 5.09. The van der Waals surface area contributed by atoms with Gasteiger partial charge in [0.1, 0.15) is 0 Å². The highest BCUT2D eigenvalue weighted by Crippen LogP contribution is 2.19. The second-order valence-corrected chi connectivity index (χ2v) is 4.19. The fraction of sp³-hybridized carbons (Fsp3) is 0.182. The van der Waals surface area contributed by atoms with Gasteiger partial charge >= 0.3 is 0 Å². The van der Waals surface area contributed by atoms with Gasteiger partial charge in [-0.15, -0.1) is 5.10 Å². The quantitative estimate of drug-likeness (QED) is 0.552. The second-order valence-electron chi connectivity index (χ2n) is 3.76. The molecule has 8 heteroatoms. The van der Waals surface area contributed by atoms with Crippen molar-refractivity contribution in [1.82, 2.24) is 20.3 Å². The van der Waals surface area contributed by atoms with Crippen molar-refractivity contribution in [2.24, 2.45) is 5.84 Å². The predicted molar refractivity (Wildman–Crippen MR) is 71.6 cm³/mol. The number of rotatable bonds is 5. The van der Waals surface area contributed by atoms with E-state index in [4.69, 9.17) is 17.4 Å². The van der Waals surface area contributed by atoms with Crippen LogP contribution >= 0.6 is 11.6 Å². The number of anilines is 1. The van der Waals surface area contributed by atoms with Crippen molar-refractivity contribution >= 4 is 23.2 Å². The predicted octanol–water partition coefficient (Wildman–Crippen LogP) is 0.647. The van der Waals surface area contributed by atoms with Gasteiger partial charge in [-0.25, -0.2) is 0 Å². The summed E-state index contributed by atoms with van der Waals surface area (Å²) < 4.78 is 1.63. The number of carbonyl (C=O) groups excluding carboxylic acids is 1. The molecule has 0 radical (unpaired) electrons. The van der Waals surface area contributed by atoms with Gasteiger partial charge in [-0.1, -0.05) is 16.8 Å². The number of nitrogen functional groups attached to an aromatic ring is 1. The van der Waals surface area contributed by atoms with Crippen molar-refractivity contribution in [3.63, 3.8) is 0 Å². The Balaban J connectivity index is 1.97. The molecule has 0 spiro atoms. The van der Waals surface area contributed by atoms with Gasteiger partial charge in [0.25, 0.3) is 5.91 Å². The number of hydrogen-bond acceptors (Lipinski definition) is 5. The SMILES string of the molecule is NNc1ccc(Cl)cc1C(=O)NCCn1ccnn1. The monoisotopic (exact) mass is 280 g/mol. The minimum absolute atomic E-state index is 0.254. The normalized spacial score (nSPS) is 10.2. The summed E-state index contributed by atoms with van der Waals surface area (Å²) in [5, 5.41) is 10.7. The molecule has 100 valence electrons. The van der Waals surface area contributed by atoms with E-state index in [0.29, 0.717) is 29.4 Å². The van der Waals surface area contributed by atoms with E-state index in [9.17, 15) is 4.79 Å². The number of aromatic nitrogens is 3. The number of halogens is 1. The molecule has 0 aliphatic rings. The number of nitrogens with zero attached hydrogens (tertiary/aromatic N) is 3. The van der Waals surface area contributed by atoms with Gasteiger partial charge in [0, 0.05) is 17.8 Å². The van der Waals surface area contributed by atoms with Gasteiger partial charge in [-0.05, 0) is 18.2 Å². The molecule has 19 heavy (non-hydrogen) atoms. The maximum absolute atomic E-state index is 12.0. The zero-order chi connectivity index (χ0) is 13.7. The maximum atomic E-state index is 12.0. The van der Waals surface area contributed by atoms with E-state index in [1.807, 2.05) is 0 Å². The van der Waals surface area contributed by atoms with Gasteiger partial charge in [0.05, 0.1) is 24.0 Å². The summed E-state index contributed by atoms with van der Waals surface area (Å²) in [5.41, 5.74) is 3.37. The molecule has 0 fully saturated rings. The van der Waals surface area contributed by atoms with Gasteiger partial charge in [0.15, 0.2) is 0 Å². The summed E-state index contributed by atoms with van der Waals surface area (Å²) >= 11 is 5.86. The summed E-state index contributed by atoms with van der Waals surface area (Å²) in [4.78, 5) is 12.0. The molecular formula is C11H13ClN6O. The van der Waals surface area contributed by atoms with Crippen LogP contribution in [0.4, 0.5) is 5.69 Å². The maximum Gasteiger partial charge on any atom is 0.253 e. The van der Waals surface area contributed by atoms with Crippen molar-refractivity contribution in [2.75, 3.05) is 12.0 Å². The molecule has 0 saturated carbocycles. The first-order valence-electron chi connectivity index (χ1n) is 5.59. The molecule has 2 aromatic rings. The lowest BCUT2D eigenvalue weighted by molar-refractivity contribution is 0.0952. The Bertz CT molecular complexity index is 556. The smallest absolute Gasteiger partial charge is 0.253 e. The third-order valence-corrected chi connectivity index (χ3v) is 2.72. The summed E-state index contributed by atoms with van der Waals surface area (Å²) in [6.07, 6.45) is 3.30. The number of benzene rings is 1. The van der Waals surface area contributed by atoms with E-state index in [1.54, 1.807) is 35.3 Å². The Kier molecular flexibility index (Phi) is 4.32. The highest BCUT2D eigenvalue weighted by atomic mass is 35.5. The summed E-state index contributed by atoms with van der Waals surface area (Å²) in [7, 11) is 0. The van der Waals surface area contributed by atoms with Crippen LogP contribution in [-0.4, -0.2) is 27.4 Å². The van der Waals surface area contributed by atoms with Crippen LogP contribution in [0.3, 0.4) is 0 Å². The zero-order valence-electron chi connectivity index (χ0n) is 10.0. The van der Waals surface area contributed by atoms with Crippen LogP contribution < -0.4 is 16.6 Å². The first kappa shape index (κ1) is 13.3. The molecule has 0 atom stereocenters. The molecule has 0 aliphatic heterocycles. The molecule has 7 nitrogen and oxygen atoms in total. The van der Waals surface area contributed by atoms with E-state index >= 15 is 0 Å². The Morgan fingerprint density at radius 3 is 3.00 bits per heavy atom. The average molecular weight is 281 g/mol. The molecule has 1 heterocycles. The fourth-order valence-corrected chi connectivity index (χ4v) is 1.73. The van der Waals surface area contributed by atoms with Crippen molar-refractivity contribution < 1.29 is 4.79 Å². The van der Waals surface area contributed by atoms with E-state index in [-0.39, 0.29) is 5.91 Å². The lowest BCUT2D eigenvalue weighted by Gasteiger charge is -2.10. The first-order valence-corrected chi connectivity index (χ1v) is 5.97. The molecule has 0 bridgehead atoms.